The standard InChI is InChI=1S/C22H22N4O2/c1-3-4-22(27)26-21(16-7-10-18-20(13-16)24-12-11-23-18)14-19(25-26)15-5-8-17(28-2)9-6-15/h5-13,21H,3-4,14H2,1-2H3/t21-/m1/s1. The van der Waals surface area contributed by atoms with Crippen molar-refractivity contribution in [3.05, 3.63) is 66.0 Å². The Morgan fingerprint density at radius 2 is 1.86 bits per heavy atom. The number of benzene rings is 2. The summed E-state index contributed by atoms with van der Waals surface area (Å²) in [4.78, 5) is 21.5. The Balaban J connectivity index is 1.69. The van der Waals surface area contributed by atoms with Crippen molar-refractivity contribution in [3.8, 4) is 5.75 Å². The molecule has 1 atom stereocenters. The highest BCUT2D eigenvalue weighted by atomic mass is 16.5. The van der Waals surface area contributed by atoms with E-state index in [1.807, 2.05) is 49.4 Å². The van der Waals surface area contributed by atoms with Crippen LogP contribution in [0.4, 0.5) is 0 Å². The van der Waals surface area contributed by atoms with E-state index < -0.39 is 0 Å². The number of rotatable bonds is 5. The number of hydrazone groups is 1. The second-order valence-electron chi connectivity index (χ2n) is 6.79. The predicted octanol–water partition coefficient (Wildman–Crippen LogP) is 4.12. The summed E-state index contributed by atoms with van der Waals surface area (Å²) >= 11 is 0. The van der Waals surface area contributed by atoms with Gasteiger partial charge in [0.15, 0.2) is 0 Å². The predicted molar refractivity (Wildman–Crippen MR) is 108 cm³/mol. The van der Waals surface area contributed by atoms with Gasteiger partial charge in [0.05, 0.1) is 29.9 Å². The van der Waals surface area contributed by atoms with Crippen LogP contribution in [0, 0.1) is 0 Å². The number of amides is 1. The van der Waals surface area contributed by atoms with Gasteiger partial charge in [0.2, 0.25) is 5.91 Å². The molecular formula is C22H22N4O2. The topological polar surface area (TPSA) is 67.7 Å². The van der Waals surface area contributed by atoms with Gasteiger partial charge in [-0.15, -0.1) is 0 Å². The van der Waals surface area contributed by atoms with E-state index in [9.17, 15) is 4.79 Å². The van der Waals surface area contributed by atoms with Crippen LogP contribution in [-0.2, 0) is 4.79 Å². The molecular weight excluding hydrogens is 352 g/mol. The summed E-state index contributed by atoms with van der Waals surface area (Å²) in [7, 11) is 1.64. The molecule has 0 saturated carbocycles. The van der Waals surface area contributed by atoms with Crippen molar-refractivity contribution in [3.63, 3.8) is 0 Å². The zero-order valence-corrected chi connectivity index (χ0v) is 16.0. The number of nitrogens with zero attached hydrogens (tertiary/aromatic N) is 4. The molecule has 0 saturated heterocycles. The molecule has 3 aromatic rings. The minimum absolute atomic E-state index is 0.0373. The highest BCUT2D eigenvalue weighted by Crippen LogP contribution is 2.34. The molecule has 2 heterocycles. The van der Waals surface area contributed by atoms with Crippen LogP contribution in [0.1, 0.15) is 43.4 Å². The summed E-state index contributed by atoms with van der Waals surface area (Å²) in [5, 5.41) is 6.33. The first-order valence-corrected chi connectivity index (χ1v) is 9.44. The van der Waals surface area contributed by atoms with Crippen molar-refractivity contribution in [1.29, 1.82) is 0 Å². The molecule has 1 aromatic heterocycles. The van der Waals surface area contributed by atoms with E-state index in [0.29, 0.717) is 12.8 Å². The van der Waals surface area contributed by atoms with E-state index in [-0.39, 0.29) is 11.9 Å². The first-order chi connectivity index (χ1) is 13.7. The molecule has 0 aliphatic carbocycles. The van der Waals surface area contributed by atoms with Crippen molar-refractivity contribution in [1.82, 2.24) is 15.0 Å². The first kappa shape index (κ1) is 18.1. The average Bonchev–Trinajstić information content (AvgIpc) is 3.19. The third-order valence-corrected chi connectivity index (χ3v) is 4.93. The number of hydrogen-bond donors (Lipinski definition) is 0. The van der Waals surface area contributed by atoms with E-state index in [2.05, 4.69) is 9.97 Å². The van der Waals surface area contributed by atoms with E-state index in [1.165, 1.54) is 0 Å². The highest BCUT2D eigenvalue weighted by molar-refractivity contribution is 6.03. The van der Waals surface area contributed by atoms with Crippen LogP contribution >= 0.6 is 0 Å². The number of hydrogen-bond acceptors (Lipinski definition) is 5. The molecule has 1 aliphatic rings. The van der Waals surface area contributed by atoms with Gasteiger partial charge in [0, 0.05) is 25.2 Å². The maximum atomic E-state index is 12.7. The molecule has 6 nitrogen and oxygen atoms in total. The van der Waals surface area contributed by atoms with Crippen molar-refractivity contribution in [2.24, 2.45) is 5.10 Å². The van der Waals surface area contributed by atoms with Crippen molar-refractivity contribution >= 4 is 22.7 Å². The first-order valence-electron chi connectivity index (χ1n) is 9.44. The van der Waals surface area contributed by atoms with Gasteiger partial charge in [-0.2, -0.15) is 5.10 Å². The van der Waals surface area contributed by atoms with Gasteiger partial charge in [-0.1, -0.05) is 13.0 Å². The fourth-order valence-corrected chi connectivity index (χ4v) is 3.47. The molecule has 0 radical (unpaired) electrons. The van der Waals surface area contributed by atoms with Crippen LogP contribution in [0.5, 0.6) is 5.75 Å². The quantitative estimate of drug-likeness (QED) is 0.674. The van der Waals surface area contributed by atoms with E-state index >= 15 is 0 Å². The molecule has 4 rings (SSSR count). The van der Waals surface area contributed by atoms with Crippen LogP contribution in [0.2, 0.25) is 0 Å². The van der Waals surface area contributed by atoms with Crippen molar-refractivity contribution in [2.45, 2.75) is 32.2 Å². The lowest BCUT2D eigenvalue weighted by Gasteiger charge is -2.22. The number of aromatic nitrogens is 2. The maximum Gasteiger partial charge on any atom is 0.243 e. The molecule has 0 bridgehead atoms. The number of carbonyl (C=O) groups excluding carboxylic acids is 1. The fourth-order valence-electron chi connectivity index (χ4n) is 3.47. The summed E-state index contributed by atoms with van der Waals surface area (Å²) in [6, 6.07) is 13.6. The van der Waals surface area contributed by atoms with Crippen LogP contribution < -0.4 is 4.74 Å². The third-order valence-electron chi connectivity index (χ3n) is 4.93. The van der Waals surface area contributed by atoms with Crippen LogP contribution in [0.15, 0.2) is 60.0 Å². The monoisotopic (exact) mass is 374 g/mol. The summed E-state index contributed by atoms with van der Waals surface area (Å²) in [5.74, 6) is 0.834. The molecule has 142 valence electrons. The summed E-state index contributed by atoms with van der Waals surface area (Å²) in [6.45, 7) is 2.00. The summed E-state index contributed by atoms with van der Waals surface area (Å²) < 4.78 is 5.24. The van der Waals surface area contributed by atoms with Crippen molar-refractivity contribution in [2.75, 3.05) is 7.11 Å². The SMILES string of the molecule is CCCC(=O)N1N=C(c2ccc(OC)cc2)C[C@@H]1c1ccc2nccnc2c1. The second-order valence-corrected chi connectivity index (χ2v) is 6.79. The Morgan fingerprint density at radius 3 is 2.57 bits per heavy atom. The van der Waals surface area contributed by atoms with Gasteiger partial charge in [-0.25, -0.2) is 5.01 Å². The Bertz CT molecular complexity index is 1030. The zero-order chi connectivity index (χ0) is 19.5. The van der Waals surface area contributed by atoms with Gasteiger partial charge < -0.3 is 4.74 Å². The molecule has 28 heavy (non-hydrogen) atoms. The second kappa shape index (κ2) is 7.76. The lowest BCUT2D eigenvalue weighted by atomic mass is 9.97. The zero-order valence-electron chi connectivity index (χ0n) is 16.0. The molecule has 6 heteroatoms. The Morgan fingerprint density at radius 1 is 1.11 bits per heavy atom. The summed E-state index contributed by atoms with van der Waals surface area (Å²) in [5.41, 5.74) is 4.58. The third kappa shape index (κ3) is 3.45. The van der Waals surface area contributed by atoms with Gasteiger partial charge in [-0.05, 0) is 53.9 Å². The smallest absolute Gasteiger partial charge is 0.243 e. The normalized spacial score (nSPS) is 16.3. The number of methoxy groups -OCH3 is 1. The van der Waals surface area contributed by atoms with E-state index in [0.717, 1.165) is 40.0 Å². The molecule has 0 N–H and O–H groups in total. The van der Waals surface area contributed by atoms with Crippen LogP contribution in [-0.4, -0.2) is 33.7 Å². The highest BCUT2D eigenvalue weighted by Gasteiger charge is 2.32. The largest absolute Gasteiger partial charge is 0.497 e. The lowest BCUT2D eigenvalue weighted by molar-refractivity contribution is -0.133. The molecule has 0 spiro atoms. The average molecular weight is 374 g/mol. The molecule has 0 fully saturated rings. The number of fused-ring (bicyclic) bond motifs is 1. The fraction of sp³-hybridized carbons (Fsp3) is 0.273. The molecule has 1 amide bonds. The van der Waals surface area contributed by atoms with E-state index in [4.69, 9.17) is 9.84 Å². The Labute approximate surface area is 163 Å². The maximum absolute atomic E-state index is 12.7. The Kier molecular flexibility index (Phi) is 5.02. The van der Waals surface area contributed by atoms with Gasteiger partial charge in [-0.3, -0.25) is 14.8 Å². The lowest BCUT2D eigenvalue weighted by Crippen LogP contribution is -2.26. The van der Waals surface area contributed by atoms with Gasteiger partial charge in [0.25, 0.3) is 0 Å². The number of carbonyl (C=O) groups is 1. The van der Waals surface area contributed by atoms with Gasteiger partial charge >= 0.3 is 0 Å². The molecule has 2 aromatic carbocycles. The van der Waals surface area contributed by atoms with Crippen LogP contribution in [0.25, 0.3) is 11.0 Å². The minimum atomic E-state index is -0.137. The van der Waals surface area contributed by atoms with E-state index in [1.54, 1.807) is 24.5 Å². The molecule has 0 unspecified atom stereocenters. The summed E-state index contributed by atoms with van der Waals surface area (Å²) in [6.07, 6.45) is 5.29. The Hall–Kier alpha value is -3.28. The molecule has 1 aliphatic heterocycles. The van der Waals surface area contributed by atoms with Crippen LogP contribution in [0.3, 0.4) is 0 Å². The van der Waals surface area contributed by atoms with Crippen molar-refractivity contribution < 1.29 is 9.53 Å². The van der Waals surface area contributed by atoms with Gasteiger partial charge in [0.1, 0.15) is 5.75 Å². The minimum Gasteiger partial charge on any atom is -0.497 e. The number of ether oxygens (including phenoxy) is 1.